The van der Waals surface area contributed by atoms with E-state index in [-0.39, 0.29) is 12.0 Å². The molecule has 0 radical (unpaired) electrons. The predicted molar refractivity (Wildman–Crippen MR) is 99.4 cm³/mol. The summed E-state index contributed by atoms with van der Waals surface area (Å²) in [5, 5.41) is 12.1. The number of carbonyl (C=O) groups is 1. The number of carbonyl (C=O) groups excluding carboxylic acids is 1. The maximum absolute atomic E-state index is 13.1. The Morgan fingerprint density at radius 3 is 2.12 bits per heavy atom. The van der Waals surface area contributed by atoms with E-state index < -0.39 is 17.2 Å². The smallest absolute Gasteiger partial charge is 0.346 e. The number of rotatable bonds is 5. The third kappa shape index (κ3) is 2.56. The van der Waals surface area contributed by atoms with E-state index in [4.69, 9.17) is 9.47 Å². The van der Waals surface area contributed by atoms with Crippen LogP contribution < -0.4 is 0 Å². The Balaban J connectivity index is 2.29. The molecule has 0 unspecified atom stereocenters. The molecule has 0 aliphatic carbocycles. The molecule has 1 saturated heterocycles. The second-order valence-corrected chi connectivity index (χ2v) is 6.90. The van der Waals surface area contributed by atoms with Gasteiger partial charge in [0.05, 0.1) is 13.2 Å². The summed E-state index contributed by atoms with van der Waals surface area (Å²) in [6, 6.07) is 18.5. The number of aliphatic hydroxyl groups is 1. The zero-order valence-electron chi connectivity index (χ0n) is 15.5. The third-order valence-electron chi connectivity index (χ3n) is 5.52. The fourth-order valence-electron chi connectivity index (χ4n) is 4.19. The first-order chi connectivity index (χ1) is 12.5. The highest BCUT2D eigenvalue weighted by Crippen LogP contribution is 2.57. The summed E-state index contributed by atoms with van der Waals surface area (Å²) in [7, 11) is 1.33. The zero-order valence-corrected chi connectivity index (χ0v) is 15.5. The van der Waals surface area contributed by atoms with Crippen LogP contribution in [0, 0.1) is 5.92 Å². The lowest BCUT2D eigenvalue weighted by Gasteiger charge is -2.41. The standard InChI is InChI=1S/C22H26O4/c1-4-11-19-16(2)21(24,17-12-7-5-8-13-17)22(26-19,20(23)25-3)18-14-9-6-10-15-18/h5-10,12-16,19,24H,4,11H2,1-3H3/t16-,19+,21-,22+/m0/s1. The molecule has 4 heteroatoms. The lowest BCUT2D eigenvalue weighted by atomic mass is 9.68. The Hall–Kier alpha value is -2.17. The monoisotopic (exact) mass is 354 g/mol. The van der Waals surface area contributed by atoms with E-state index in [9.17, 15) is 9.90 Å². The van der Waals surface area contributed by atoms with Gasteiger partial charge in [-0.05, 0) is 17.5 Å². The summed E-state index contributed by atoms with van der Waals surface area (Å²) >= 11 is 0. The number of ether oxygens (including phenoxy) is 2. The molecule has 3 rings (SSSR count). The SMILES string of the molecule is CCC[C@H]1O[C@@](C(=O)OC)(c2ccccc2)[C@@](O)(c2ccccc2)[C@H]1C. The molecule has 0 saturated carbocycles. The molecule has 138 valence electrons. The minimum absolute atomic E-state index is 0.260. The molecule has 1 N–H and O–H groups in total. The van der Waals surface area contributed by atoms with Gasteiger partial charge in [0.15, 0.2) is 0 Å². The molecular formula is C22H26O4. The van der Waals surface area contributed by atoms with Gasteiger partial charge in [0, 0.05) is 5.92 Å². The van der Waals surface area contributed by atoms with Gasteiger partial charge in [-0.25, -0.2) is 4.79 Å². The van der Waals surface area contributed by atoms with Crippen molar-refractivity contribution in [1.29, 1.82) is 0 Å². The Labute approximate surface area is 154 Å². The van der Waals surface area contributed by atoms with E-state index in [0.29, 0.717) is 11.1 Å². The largest absolute Gasteiger partial charge is 0.467 e. The first-order valence-corrected chi connectivity index (χ1v) is 9.12. The first-order valence-electron chi connectivity index (χ1n) is 9.12. The maximum atomic E-state index is 13.1. The van der Waals surface area contributed by atoms with Gasteiger partial charge >= 0.3 is 5.97 Å². The van der Waals surface area contributed by atoms with Crippen LogP contribution in [-0.4, -0.2) is 24.3 Å². The highest BCUT2D eigenvalue weighted by Gasteiger charge is 2.69. The van der Waals surface area contributed by atoms with Gasteiger partial charge in [-0.2, -0.15) is 0 Å². The van der Waals surface area contributed by atoms with Crippen molar-refractivity contribution in [3.63, 3.8) is 0 Å². The van der Waals surface area contributed by atoms with Gasteiger partial charge in [0.1, 0.15) is 5.60 Å². The van der Waals surface area contributed by atoms with Crippen molar-refractivity contribution < 1.29 is 19.4 Å². The molecule has 4 nitrogen and oxygen atoms in total. The lowest BCUT2D eigenvalue weighted by molar-refractivity contribution is -0.197. The third-order valence-corrected chi connectivity index (χ3v) is 5.52. The Morgan fingerprint density at radius 1 is 1.08 bits per heavy atom. The van der Waals surface area contributed by atoms with Crippen molar-refractivity contribution in [1.82, 2.24) is 0 Å². The number of esters is 1. The summed E-state index contributed by atoms with van der Waals surface area (Å²) in [6.45, 7) is 4.01. The van der Waals surface area contributed by atoms with E-state index in [0.717, 1.165) is 12.8 Å². The van der Waals surface area contributed by atoms with Crippen molar-refractivity contribution in [3.05, 3.63) is 71.8 Å². The van der Waals surface area contributed by atoms with E-state index in [1.165, 1.54) is 7.11 Å². The molecule has 0 bridgehead atoms. The molecule has 26 heavy (non-hydrogen) atoms. The molecule has 0 aromatic heterocycles. The quantitative estimate of drug-likeness (QED) is 0.830. The topological polar surface area (TPSA) is 55.8 Å². The summed E-state index contributed by atoms with van der Waals surface area (Å²) in [5.74, 6) is -0.871. The molecular weight excluding hydrogens is 328 g/mol. The van der Waals surface area contributed by atoms with Gasteiger partial charge < -0.3 is 14.6 Å². The Bertz CT molecular complexity index is 745. The van der Waals surface area contributed by atoms with Crippen molar-refractivity contribution in [3.8, 4) is 0 Å². The van der Waals surface area contributed by atoms with Gasteiger partial charge in [0.25, 0.3) is 0 Å². The van der Waals surface area contributed by atoms with Crippen molar-refractivity contribution in [2.75, 3.05) is 7.11 Å². The summed E-state index contributed by atoms with van der Waals surface area (Å²) in [4.78, 5) is 13.1. The van der Waals surface area contributed by atoms with Crippen LogP contribution in [0.2, 0.25) is 0 Å². The molecule has 1 aliphatic rings. The second kappa shape index (κ2) is 7.22. The molecule has 4 atom stereocenters. The van der Waals surface area contributed by atoms with Gasteiger partial charge in [0.2, 0.25) is 5.60 Å². The Kier molecular flexibility index (Phi) is 5.17. The first kappa shape index (κ1) is 18.6. The average molecular weight is 354 g/mol. The number of methoxy groups -OCH3 is 1. The van der Waals surface area contributed by atoms with Crippen LogP contribution in [0.15, 0.2) is 60.7 Å². The number of hydrogen-bond donors (Lipinski definition) is 1. The van der Waals surface area contributed by atoms with E-state index in [2.05, 4.69) is 6.92 Å². The van der Waals surface area contributed by atoms with Crippen LogP contribution in [-0.2, 0) is 25.5 Å². The molecule has 1 aliphatic heterocycles. The van der Waals surface area contributed by atoms with Gasteiger partial charge in [-0.1, -0.05) is 80.9 Å². The fourth-order valence-corrected chi connectivity index (χ4v) is 4.19. The highest BCUT2D eigenvalue weighted by atomic mass is 16.6. The van der Waals surface area contributed by atoms with Crippen LogP contribution >= 0.6 is 0 Å². The lowest BCUT2D eigenvalue weighted by Crippen LogP contribution is -2.54. The van der Waals surface area contributed by atoms with Crippen molar-refractivity contribution >= 4 is 5.97 Å². The van der Waals surface area contributed by atoms with Crippen LogP contribution in [0.5, 0.6) is 0 Å². The molecule has 1 heterocycles. The van der Waals surface area contributed by atoms with E-state index in [1.807, 2.05) is 67.6 Å². The van der Waals surface area contributed by atoms with Crippen molar-refractivity contribution in [2.24, 2.45) is 5.92 Å². The van der Waals surface area contributed by atoms with Crippen LogP contribution in [0.25, 0.3) is 0 Å². The average Bonchev–Trinajstić information content (AvgIpc) is 2.93. The second-order valence-electron chi connectivity index (χ2n) is 6.90. The maximum Gasteiger partial charge on any atom is 0.346 e. The highest BCUT2D eigenvalue weighted by molar-refractivity contribution is 5.84. The number of hydrogen-bond acceptors (Lipinski definition) is 4. The van der Waals surface area contributed by atoms with Gasteiger partial charge in [-0.3, -0.25) is 0 Å². The fraction of sp³-hybridized carbons (Fsp3) is 0.409. The van der Waals surface area contributed by atoms with Gasteiger partial charge in [-0.15, -0.1) is 0 Å². The van der Waals surface area contributed by atoms with Crippen molar-refractivity contribution in [2.45, 2.75) is 44.0 Å². The van der Waals surface area contributed by atoms with Crippen LogP contribution in [0.4, 0.5) is 0 Å². The number of benzene rings is 2. The summed E-state index contributed by atoms with van der Waals surface area (Å²) in [6.07, 6.45) is 1.39. The Morgan fingerprint density at radius 2 is 1.62 bits per heavy atom. The zero-order chi connectivity index (χ0) is 18.8. The molecule has 2 aromatic carbocycles. The minimum Gasteiger partial charge on any atom is -0.467 e. The minimum atomic E-state index is -1.61. The van der Waals surface area contributed by atoms with Crippen LogP contribution in [0.1, 0.15) is 37.8 Å². The normalized spacial score (nSPS) is 30.9. The van der Waals surface area contributed by atoms with E-state index >= 15 is 0 Å². The molecule has 2 aromatic rings. The van der Waals surface area contributed by atoms with Crippen LogP contribution in [0.3, 0.4) is 0 Å². The van der Waals surface area contributed by atoms with E-state index in [1.54, 1.807) is 0 Å². The molecule has 1 fully saturated rings. The molecule has 0 spiro atoms. The molecule has 0 amide bonds. The summed E-state index contributed by atoms with van der Waals surface area (Å²) < 4.78 is 11.5. The summed E-state index contributed by atoms with van der Waals surface area (Å²) in [5.41, 5.74) is -1.89. The predicted octanol–water partition coefficient (Wildman–Crippen LogP) is 3.78.